The second kappa shape index (κ2) is 8.21. The number of aryl methyl sites for hydroxylation is 2. The Morgan fingerprint density at radius 1 is 1.04 bits per heavy atom. The highest BCUT2D eigenvalue weighted by atomic mass is 16.5. The van der Waals surface area contributed by atoms with Crippen molar-refractivity contribution in [1.29, 1.82) is 0 Å². The Hall–Kier alpha value is -3.22. The fourth-order valence-corrected chi connectivity index (χ4v) is 3.32. The van der Waals surface area contributed by atoms with Gasteiger partial charge in [0.2, 0.25) is 5.91 Å². The lowest BCUT2D eigenvalue weighted by Gasteiger charge is -2.34. The minimum atomic E-state index is 0.127. The third-order valence-electron chi connectivity index (χ3n) is 4.99. The molecule has 7 nitrogen and oxygen atoms in total. The zero-order valence-corrected chi connectivity index (χ0v) is 15.9. The molecule has 1 saturated heterocycles. The van der Waals surface area contributed by atoms with Crippen LogP contribution in [0.4, 0.5) is 5.82 Å². The van der Waals surface area contributed by atoms with Gasteiger partial charge in [-0.15, -0.1) is 0 Å². The topological polar surface area (TPSA) is 75.4 Å². The number of aromatic nitrogens is 3. The van der Waals surface area contributed by atoms with E-state index in [0.717, 1.165) is 50.4 Å². The maximum Gasteiger partial charge on any atom is 0.259 e. The van der Waals surface area contributed by atoms with Crippen LogP contribution in [-0.4, -0.2) is 52.1 Å². The van der Waals surface area contributed by atoms with E-state index < -0.39 is 0 Å². The van der Waals surface area contributed by atoms with Crippen molar-refractivity contribution < 1.29 is 9.32 Å². The molecule has 0 N–H and O–H groups in total. The summed E-state index contributed by atoms with van der Waals surface area (Å²) in [4.78, 5) is 24.5. The average molecular weight is 377 g/mol. The number of carbonyl (C=O) groups excluding carboxylic acids is 1. The van der Waals surface area contributed by atoms with E-state index in [9.17, 15) is 4.79 Å². The van der Waals surface area contributed by atoms with Crippen LogP contribution in [0.25, 0.3) is 11.5 Å². The molecule has 1 aliphatic rings. The van der Waals surface area contributed by atoms with Gasteiger partial charge >= 0.3 is 0 Å². The van der Waals surface area contributed by atoms with E-state index in [-0.39, 0.29) is 5.91 Å². The van der Waals surface area contributed by atoms with Crippen molar-refractivity contribution in [3.63, 3.8) is 0 Å². The van der Waals surface area contributed by atoms with Crippen LogP contribution in [0.1, 0.15) is 18.3 Å². The van der Waals surface area contributed by atoms with E-state index in [2.05, 4.69) is 32.2 Å². The summed E-state index contributed by atoms with van der Waals surface area (Å²) in [6.07, 6.45) is 3.38. The summed E-state index contributed by atoms with van der Waals surface area (Å²) < 4.78 is 5.41. The van der Waals surface area contributed by atoms with Crippen molar-refractivity contribution in [1.82, 2.24) is 20.0 Å². The van der Waals surface area contributed by atoms with Crippen molar-refractivity contribution in [2.24, 2.45) is 0 Å². The molecule has 0 radical (unpaired) electrons. The minimum Gasteiger partial charge on any atom is -0.353 e. The van der Waals surface area contributed by atoms with Gasteiger partial charge in [-0.05, 0) is 24.1 Å². The van der Waals surface area contributed by atoms with Crippen LogP contribution in [0, 0.1) is 0 Å². The zero-order valence-electron chi connectivity index (χ0n) is 15.9. The third-order valence-corrected chi connectivity index (χ3v) is 4.99. The van der Waals surface area contributed by atoms with E-state index in [1.54, 1.807) is 13.1 Å². The van der Waals surface area contributed by atoms with Crippen LogP contribution in [0.15, 0.2) is 53.2 Å². The molecule has 1 fully saturated rings. The minimum absolute atomic E-state index is 0.127. The number of benzene rings is 1. The Labute approximate surface area is 164 Å². The molecule has 3 aromatic rings. The summed E-state index contributed by atoms with van der Waals surface area (Å²) >= 11 is 0. The number of hydrogen-bond donors (Lipinski definition) is 0. The van der Waals surface area contributed by atoms with E-state index in [1.165, 1.54) is 5.56 Å². The number of hydrogen-bond acceptors (Lipinski definition) is 6. The van der Waals surface area contributed by atoms with Crippen molar-refractivity contribution in [2.75, 3.05) is 31.1 Å². The molecule has 28 heavy (non-hydrogen) atoms. The molecule has 144 valence electrons. The fraction of sp³-hybridized carbons (Fsp3) is 0.333. The maximum absolute atomic E-state index is 11.4. The van der Waals surface area contributed by atoms with E-state index in [0.29, 0.717) is 11.7 Å². The lowest BCUT2D eigenvalue weighted by Crippen LogP contribution is -2.48. The molecule has 1 aromatic carbocycles. The van der Waals surface area contributed by atoms with Gasteiger partial charge in [0.1, 0.15) is 5.82 Å². The molecule has 0 unspecified atom stereocenters. The molecular weight excluding hydrogens is 354 g/mol. The second-order valence-electron chi connectivity index (χ2n) is 6.90. The summed E-state index contributed by atoms with van der Waals surface area (Å²) in [5.41, 5.74) is 2.06. The van der Waals surface area contributed by atoms with Crippen molar-refractivity contribution in [3.8, 4) is 11.5 Å². The molecule has 0 spiro atoms. The van der Waals surface area contributed by atoms with Crippen LogP contribution in [0.5, 0.6) is 0 Å². The van der Waals surface area contributed by atoms with Gasteiger partial charge in [0, 0.05) is 45.7 Å². The summed E-state index contributed by atoms with van der Waals surface area (Å²) in [5.74, 6) is 2.21. The van der Waals surface area contributed by atoms with Crippen LogP contribution < -0.4 is 4.90 Å². The molecular formula is C21H23N5O2. The van der Waals surface area contributed by atoms with Crippen LogP contribution in [0.3, 0.4) is 0 Å². The third kappa shape index (κ3) is 4.19. The molecule has 4 rings (SSSR count). The van der Waals surface area contributed by atoms with Gasteiger partial charge < -0.3 is 14.3 Å². The Morgan fingerprint density at radius 3 is 2.50 bits per heavy atom. The Bertz CT molecular complexity index is 915. The normalized spacial score (nSPS) is 14.3. The fourth-order valence-electron chi connectivity index (χ4n) is 3.32. The molecule has 0 bridgehead atoms. The Kier molecular flexibility index (Phi) is 5.32. The monoisotopic (exact) mass is 377 g/mol. The maximum atomic E-state index is 11.4. The van der Waals surface area contributed by atoms with Gasteiger partial charge in [-0.2, -0.15) is 4.98 Å². The van der Waals surface area contributed by atoms with E-state index in [4.69, 9.17) is 4.52 Å². The van der Waals surface area contributed by atoms with Crippen LogP contribution in [0.2, 0.25) is 0 Å². The van der Waals surface area contributed by atoms with E-state index >= 15 is 0 Å². The number of carbonyl (C=O) groups is 1. The van der Waals surface area contributed by atoms with Gasteiger partial charge in [0.05, 0.1) is 5.56 Å². The van der Waals surface area contributed by atoms with Crippen molar-refractivity contribution >= 4 is 11.7 Å². The number of rotatable bonds is 5. The highest BCUT2D eigenvalue weighted by Crippen LogP contribution is 2.20. The molecule has 0 aliphatic carbocycles. The number of anilines is 1. The molecule has 0 atom stereocenters. The predicted molar refractivity (Wildman–Crippen MR) is 106 cm³/mol. The van der Waals surface area contributed by atoms with Gasteiger partial charge in [-0.25, -0.2) is 4.98 Å². The first-order valence-electron chi connectivity index (χ1n) is 9.52. The van der Waals surface area contributed by atoms with Gasteiger partial charge in [0.25, 0.3) is 5.89 Å². The lowest BCUT2D eigenvalue weighted by molar-refractivity contribution is -0.129. The SMILES string of the molecule is CC(=O)N1CCN(c2ccc(-c3nc(CCc4ccccc4)no3)cn2)CC1. The first-order valence-corrected chi connectivity index (χ1v) is 9.52. The first-order chi connectivity index (χ1) is 13.7. The molecule has 1 amide bonds. The number of nitrogens with zero attached hydrogens (tertiary/aromatic N) is 5. The molecule has 2 aromatic heterocycles. The standard InChI is InChI=1S/C21H23N5O2/c1-16(27)25-11-13-26(14-12-25)20-10-8-18(15-22-20)21-23-19(24-28-21)9-7-17-5-3-2-4-6-17/h2-6,8,10,15H,7,9,11-14H2,1H3. The highest BCUT2D eigenvalue weighted by molar-refractivity contribution is 5.73. The lowest BCUT2D eigenvalue weighted by atomic mass is 10.1. The number of amides is 1. The summed E-state index contributed by atoms with van der Waals surface area (Å²) in [5, 5.41) is 4.08. The highest BCUT2D eigenvalue weighted by Gasteiger charge is 2.19. The quantitative estimate of drug-likeness (QED) is 0.680. The largest absolute Gasteiger partial charge is 0.353 e. The zero-order chi connectivity index (χ0) is 19.3. The predicted octanol–water partition coefficient (Wildman–Crippen LogP) is 2.59. The van der Waals surface area contributed by atoms with Crippen LogP contribution in [-0.2, 0) is 17.6 Å². The second-order valence-corrected chi connectivity index (χ2v) is 6.90. The molecule has 1 aliphatic heterocycles. The van der Waals surface area contributed by atoms with Crippen LogP contribution >= 0.6 is 0 Å². The molecule has 3 heterocycles. The summed E-state index contributed by atoms with van der Waals surface area (Å²) in [7, 11) is 0. The average Bonchev–Trinajstić information content (AvgIpc) is 3.22. The van der Waals surface area contributed by atoms with Gasteiger partial charge in [0.15, 0.2) is 5.82 Å². The summed E-state index contributed by atoms with van der Waals surface area (Å²) in [6.45, 7) is 4.65. The first kappa shape index (κ1) is 18.2. The Morgan fingerprint density at radius 2 is 1.82 bits per heavy atom. The summed E-state index contributed by atoms with van der Waals surface area (Å²) in [6, 6.07) is 14.2. The van der Waals surface area contributed by atoms with E-state index in [1.807, 2.05) is 35.2 Å². The molecule has 7 heteroatoms. The van der Waals surface area contributed by atoms with Gasteiger partial charge in [-0.3, -0.25) is 4.79 Å². The number of piperazine rings is 1. The molecule has 0 saturated carbocycles. The smallest absolute Gasteiger partial charge is 0.259 e. The van der Waals surface area contributed by atoms with Gasteiger partial charge in [-0.1, -0.05) is 35.5 Å². The number of pyridine rings is 1. The van der Waals surface area contributed by atoms with Crippen molar-refractivity contribution in [2.45, 2.75) is 19.8 Å². The Balaban J connectivity index is 1.36. The van der Waals surface area contributed by atoms with Crippen molar-refractivity contribution in [3.05, 3.63) is 60.0 Å².